The van der Waals surface area contributed by atoms with Crippen molar-refractivity contribution in [3.63, 3.8) is 0 Å². The quantitative estimate of drug-likeness (QED) is 0.628. The van der Waals surface area contributed by atoms with Gasteiger partial charge in [0.25, 0.3) is 0 Å². The third kappa shape index (κ3) is 2.05. The van der Waals surface area contributed by atoms with Crippen molar-refractivity contribution in [3.8, 4) is 11.1 Å². The lowest BCUT2D eigenvalue weighted by Gasteiger charge is -2.26. The summed E-state index contributed by atoms with van der Waals surface area (Å²) in [5.41, 5.74) is 5.11. The second kappa shape index (κ2) is 5.02. The van der Waals surface area contributed by atoms with Gasteiger partial charge in [0.15, 0.2) is 0 Å². The van der Waals surface area contributed by atoms with Crippen molar-refractivity contribution in [1.82, 2.24) is 29.6 Å². The Morgan fingerprint density at radius 3 is 2.92 bits per heavy atom. The fraction of sp³-hybridized carbons (Fsp3) is 0.294. The first kappa shape index (κ1) is 13.5. The highest BCUT2D eigenvalue weighted by Gasteiger charge is 2.18. The zero-order chi connectivity index (χ0) is 16.1. The van der Waals surface area contributed by atoms with E-state index >= 15 is 0 Å². The summed E-state index contributed by atoms with van der Waals surface area (Å²) in [7, 11) is 1.90. The molecule has 24 heavy (non-hydrogen) atoms. The van der Waals surface area contributed by atoms with Gasteiger partial charge in [-0.15, -0.1) is 10.2 Å². The van der Waals surface area contributed by atoms with Crippen LogP contribution in [0, 0.1) is 0 Å². The Bertz CT molecular complexity index is 1040. The molecule has 1 aromatic carbocycles. The molecule has 3 heterocycles. The SMILES string of the molecule is Cn1nnc2ccc(-c3ccn4nc(NC5CCC5)ncc34)cc21. The molecule has 1 aliphatic carbocycles. The van der Waals surface area contributed by atoms with Crippen molar-refractivity contribution < 1.29 is 0 Å². The van der Waals surface area contributed by atoms with Crippen LogP contribution in [0.5, 0.6) is 0 Å². The molecule has 1 saturated carbocycles. The van der Waals surface area contributed by atoms with E-state index in [0.717, 1.165) is 27.7 Å². The molecule has 0 radical (unpaired) electrons. The molecule has 120 valence electrons. The average molecular weight is 319 g/mol. The number of benzene rings is 1. The molecular weight excluding hydrogens is 302 g/mol. The first-order valence-corrected chi connectivity index (χ1v) is 8.19. The van der Waals surface area contributed by atoms with Crippen LogP contribution in [-0.2, 0) is 7.05 Å². The molecule has 0 atom stereocenters. The normalized spacial score (nSPS) is 15.0. The molecule has 0 unspecified atom stereocenters. The van der Waals surface area contributed by atoms with Crippen LogP contribution < -0.4 is 5.32 Å². The van der Waals surface area contributed by atoms with Gasteiger partial charge in [0.05, 0.1) is 17.2 Å². The third-order valence-electron chi connectivity index (χ3n) is 4.78. The molecule has 0 bridgehead atoms. The Hall–Kier alpha value is -2.96. The number of hydrogen-bond acceptors (Lipinski definition) is 5. The molecule has 1 N–H and O–H groups in total. The Morgan fingerprint density at radius 2 is 2.08 bits per heavy atom. The van der Waals surface area contributed by atoms with Crippen LogP contribution in [0.1, 0.15) is 19.3 Å². The van der Waals surface area contributed by atoms with Gasteiger partial charge in [-0.05, 0) is 43.0 Å². The largest absolute Gasteiger partial charge is 0.350 e. The summed E-state index contributed by atoms with van der Waals surface area (Å²) in [6.45, 7) is 0. The fourth-order valence-corrected chi connectivity index (χ4v) is 3.14. The van der Waals surface area contributed by atoms with Crippen LogP contribution in [0.4, 0.5) is 5.95 Å². The van der Waals surface area contributed by atoms with Crippen molar-refractivity contribution >= 4 is 22.5 Å². The second-order valence-electron chi connectivity index (χ2n) is 6.33. The van der Waals surface area contributed by atoms with Gasteiger partial charge in [-0.1, -0.05) is 11.3 Å². The van der Waals surface area contributed by atoms with Crippen molar-refractivity contribution in [3.05, 3.63) is 36.7 Å². The number of aryl methyl sites for hydroxylation is 1. The first-order chi connectivity index (χ1) is 11.8. The van der Waals surface area contributed by atoms with E-state index in [0.29, 0.717) is 12.0 Å². The van der Waals surface area contributed by atoms with Gasteiger partial charge in [0.2, 0.25) is 5.95 Å². The molecule has 3 aromatic heterocycles. The van der Waals surface area contributed by atoms with Crippen LogP contribution in [0.25, 0.3) is 27.7 Å². The number of nitrogens with zero attached hydrogens (tertiary/aromatic N) is 6. The van der Waals surface area contributed by atoms with Gasteiger partial charge in [0.1, 0.15) is 5.52 Å². The predicted molar refractivity (Wildman–Crippen MR) is 91.8 cm³/mol. The summed E-state index contributed by atoms with van der Waals surface area (Å²) in [4.78, 5) is 4.48. The molecule has 1 fully saturated rings. The smallest absolute Gasteiger partial charge is 0.241 e. The lowest BCUT2D eigenvalue weighted by atomic mass is 9.93. The van der Waals surface area contributed by atoms with Crippen LogP contribution >= 0.6 is 0 Å². The average Bonchev–Trinajstić information content (AvgIpc) is 3.14. The van der Waals surface area contributed by atoms with E-state index in [-0.39, 0.29) is 0 Å². The summed E-state index contributed by atoms with van der Waals surface area (Å²) >= 11 is 0. The van der Waals surface area contributed by atoms with Gasteiger partial charge in [0, 0.05) is 24.8 Å². The number of aromatic nitrogens is 6. The maximum Gasteiger partial charge on any atom is 0.241 e. The van der Waals surface area contributed by atoms with Crippen molar-refractivity contribution in [2.45, 2.75) is 25.3 Å². The van der Waals surface area contributed by atoms with Gasteiger partial charge in [-0.3, -0.25) is 0 Å². The van der Waals surface area contributed by atoms with E-state index in [4.69, 9.17) is 0 Å². The molecule has 7 nitrogen and oxygen atoms in total. The molecule has 7 heteroatoms. The minimum Gasteiger partial charge on any atom is -0.350 e. The maximum atomic E-state index is 4.58. The zero-order valence-electron chi connectivity index (χ0n) is 13.3. The van der Waals surface area contributed by atoms with E-state index in [1.807, 2.05) is 30.0 Å². The van der Waals surface area contributed by atoms with Crippen LogP contribution in [0.3, 0.4) is 0 Å². The standard InChI is InChI=1S/C17H17N7/c1-23-15-9-11(5-6-14(15)20-22-23)13-7-8-24-16(13)10-18-17(21-24)19-12-3-2-4-12/h5-10,12H,2-4H2,1H3,(H,19,21). The van der Waals surface area contributed by atoms with Gasteiger partial charge in [-0.25, -0.2) is 14.2 Å². The second-order valence-corrected chi connectivity index (χ2v) is 6.33. The Kier molecular flexibility index (Phi) is 2.82. The molecule has 4 aromatic rings. The lowest BCUT2D eigenvalue weighted by Crippen LogP contribution is -2.28. The van der Waals surface area contributed by atoms with Crippen molar-refractivity contribution in [2.75, 3.05) is 5.32 Å². The minimum absolute atomic E-state index is 0.525. The summed E-state index contributed by atoms with van der Waals surface area (Å²) in [6.07, 6.45) is 7.56. The van der Waals surface area contributed by atoms with Crippen LogP contribution in [0.2, 0.25) is 0 Å². The van der Waals surface area contributed by atoms with Crippen molar-refractivity contribution in [1.29, 1.82) is 0 Å². The molecule has 5 rings (SSSR count). The highest BCUT2D eigenvalue weighted by molar-refractivity contribution is 5.87. The van der Waals surface area contributed by atoms with Gasteiger partial charge < -0.3 is 5.32 Å². The molecule has 1 aliphatic rings. The summed E-state index contributed by atoms with van der Waals surface area (Å²) in [5.74, 6) is 0.695. The van der Waals surface area contributed by atoms with Crippen LogP contribution in [-0.4, -0.2) is 35.6 Å². The van der Waals surface area contributed by atoms with E-state index in [2.05, 4.69) is 43.9 Å². The minimum atomic E-state index is 0.525. The molecule has 0 saturated heterocycles. The molecule has 0 amide bonds. The van der Waals surface area contributed by atoms with Gasteiger partial charge >= 0.3 is 0 Å². The molecule has 0 aliphatic heterocycles. The Balaban J connectivity index is 1.56. The third-order valence-corrected chi connectivity index (χ3v) is 4.78. The maximum absolute atomic E-state index is 4.58. The number of hydrogen-bond donors (Lipinski definition) is 1. The van der Waals surface area contributed by atoms with E-state index in [1.165, 1.54) is 19.3 Å². The first-order valence-electron chi connectivity index (χ1n) is 8.19. The summed E-state index contributed by atoms with van der Waals surface area (Å²) in [5, 5.41) is 16.2. The van der Waals surface area contributed by atoms with E-state index in [1.54, 1.807) is 4.68 Å². The monoisotopic (exact) mass is 319 g/mol. The fourth-order valence-electron chi connectivity index (χ4n) is 3.14. The molecular formula is C17H17N7. The van der Waals surface area contributed by atoms with E-state index < -0.39 is 0 Å². The van der Waals surface area contributed by atoms with Crippen LogP contribution in [0.15, 0.2) is 36.7 Å². The highest BCUT2D eigenvalue weighted by atomic mass is 15.4. The number of nitrogens with one attached hydrogen (secondary N) is 1. The zero-order valence-corrected chi connectivity index (χ0v) is 13.3. The topological polar surface area (TPSA) is 72.9 Å². The number of anilines is 1. The number of fused-ring (bicyclic) bond motifs is 2. The summed E-state index contributed by atoms with van der Waals surface area (Å²) in [6, 6.07) is 8.76. The number of rotatable bonds is 3. The van der Waals surface area contributed by atoms with Gasteiger partial charge in [-0.2, -0.15) is 0 Å². The highest BCUT2D eigenvalue weighted by Crippen LogP contribution is 2.28. The van der Waals surface area contributed by atoms with Crippen molar-refractivity contribution in [2.24, 2.45) is 7.05 Å². The van der Waals surface area contributed by atoms with E-state index in [9.17, 15) is 0 Å². The molecule has 0 spiro atoms. The Morgan fingerprint density at radius 1 is 1.17 bits per heavy atom. The lowest BCUT2D eigenvalue weighted by molar-refractivity contribution is 0.442. The Labute approximate surface area is 138 Å². The predicted octanol–water partition coefficient (Wildman–Crippen LogP) is 2.64. The summed E-state index contributed by atoms with van der Waals surface area (Å²) < 4.78 is 3.67.